The molecule has 2 rings (SSSR count). The number of hydrogen-bond donors (Lipinski definition) is 1. The summed E-state index contributed by atoms with van der Waals surface area (Å²) in [5.41, 5.74) is 0. The van der Waals surface area contributed by atoms with Crippen molar-refractivity contribution in [3.8, 4) is 0 Å². The maximum Gasteiger partial charge on any atom is 0.251 e. The third kappa shape index (κ3) is 1.81. The molecule has 4 heteroatoms. The summed E-state index contributed by atoms with van der Waals surface area (Å²) in [5.74, 6) is -2.82. The quantitative estimate of drug-likeness (QED) is 0.717. The molecular weight excluding hydrogens is 176 g/mol. The molecule has 0 aromatic heterocycles. The van der Waals surface area contributed by atoms with Gasteiger partial charge in [-0.2, -0.15) is 0 Å². The molecule has 1 aliphatic heterocycles. The lowest BCUT2D eigenvalue weighted by Gasteiger charge is -2.04. The first-order chi connectivity index (χ1) is 6.09. The molecular formula is C9H13F2NO. The van der Waals surface area contributed by atoms with Gasteiger partial charge in [-0.3, -0.25) is 4.79 Å². The molecule has 13 heavy (non-hydrogen) atoms. The first kappa shape index (κ1) is 8.91. The molecule has 1 amide bonds. The number of amides is 1. The summed E-state index contributed by atoms with van der Waals surface area (Å²) in [6, 6.07) is 0. The highest BCUT2D eigenvalue weighted by Gasteiger charge is 2.56. The number of nitrogens with one attached hydrogen (secondary N) is 1. The van der Waals surface area contributed by atoms with Crippen LogP contribution in [0.2, 0.25) is 0 Å². The molecule has 1 saturated carbocycles. The first-order valence-electron chi connectivity index (χ1n) is 4.75. The fourth-order valence-corrected chi connectivity index (χ4v) is 1.91. The molecule has 1 N–H and O–H groups in total. The van der Waals surface area contributed by atoms with Crippen LogP contribution in [0.4, 0.5) is 8.78 Å². The van der Waals surface area contributed by atoms with Crippen LogP contribution < -0.4 is 5.32 Å². The number of halogens is 2. The maximum absolute atomic E-state index is 12.5. The molecule has 0 aromatic carbocycles. The molecule has 2 aliphatic rings. The van der Waals surface area contributed by atoms with E-state index in [1.165, 1.54) is 0 Å². The fourth-order valence-electron chi connectivity index (χ4n) is 1.91. The molecule has 1 aliphatic carbocycles. The summed E-state index contributed by atoms with van der Waals surface area (Å²) in [6.45, 7) is 0.713. The van der Waals surface area contributed by atoms with E-state index in [1.54, 1.807) is 0 Å². The minimum atomic E-state index is -2.42. The second-order valence-electron chi connectivity index (χ2n) is 4.02. The molecule has 74 valence electrons. The lowest BCUT2D eigenvalue weighted by Crippen LogP contribution is -2.19. The van der Waals surface area contributed by atoms with E-state index in [0.717, 1.165) is 6.42 Å². The maximum atomic E-state index is 12.5. The second kappa shape index (κ2) is 2.93. The van der Waals surface area contributed by atoms with Gasteiger partial charge in [0.1, 0.15) is 0 Å². The predicted molar refractivity (Wildman–Crippen MR) is 43.4 cm³/mol. The summed E-state index contributed by atoms with van der Waals surface area (Å²) in [6.07, 6.45) is 1.98. The Hall–Kier alpha value is -0.670. The van der Waals surface area contributed by atoms with Crippen molar-refractivity contribution >= 4 is 5.91 Å². The Balaban J connectivity index is 1.71. The minimum Gasteiger partial charge on any atom is -0.356 e. The minimum absolute atomic E-state index is 0.00333. The average Bonchev–Trinajstić information content (AvgIpc) is 2.47. The highest BCUT2D eigenvalue weighted by molar-refractivity contribution is 5.80. The average molecular weight is 189 g/mol. The zero-order valence-electron chi connectivity index (χ0n) is 7.35. The van der Waals surface area contributed by atoms with Gasteiger partial charge in [-0.1, -0.05) is 0 Å². The van der Waals surface area contributed by atoms with Gasteiger partial charge in [-0.05, 0) is 19.3 Å². The predicted octanol–water partition coefficient (Wildman–Crippen LogP) is 1.56. The van der Waals surface area contributed by atoms with Crippen LogP contribution >= 0.6 is 0 Å². The molecule has 2 nitrogen and oxygen atoms in total. The van der Waals surface area contributed by atoms with E-state index in [2.05, 4.69) is 5.32 Å². The normalized spacial score (nSPS) is 36.0. The van der Waals surface area contributed by atoms with E-state index in [4.69, 9.17) is 0 Å². The molecule has 2 fully saturated rings. The Morgan fingerprint density at radius 2 is 2.15 bits per heavy atom. The Morgan fingerprint density at radius 1 is 1.46 bits per heavy atom. The number of carbonyl (C=O) groups excluding carboxylic acids is 1. The van der Waals surface area contributed by atoms with Crippen molar-refractivity contribution in [1.82, 2.24) is 5.32 Å². The van der Waals surface area contributed by atoms with E-state index < -0.39 is 11.8 Å². The van der Waals surface area contributed by atoms with Crippen LogP contribution in [0.5, 0.6) is 0 Å². The molecule has 0 aromatic rings. The van der Waals surface area contributed by atoms with Crippen molar-refractivity contribution in [2.45, 2.75) is 31.6 Å². The Labute approximate surface area is 75.7 Å². The van der Waals surface area contributed by atoms with Gasteiger partial charge in [-0.25, -0.2) is 8.78 Å². The van der Waals surface area contributed by atoms with Gasteiger partial charge in [0.05, 0.1) is 0 Å². The van der Waals surface area contributed by atoms with E-state index in [0.29, 0.717) is 19.4 Å². The van der Waals surface area contributed by atoms with Crippen molar-refractivity contribution in [3.63, 3.8) is 0 Å². The van der Waals surface area contributed by atoms with Gasteiger partial charge in [0, 0.05) is 24.8 Å². The number of carbonyl (C=O) groups is 1. The molecule has 0 spiro atoms. The van der Waals surface area contributed by atoms with Gasteiger partial charge in [0.15, 0.2) is 0 Å². The molecule has 1 saturated heterocycles. The SMILES string of the molecule is O=C1NCCC1CCC1CC1(F)F. The Kier molecular flexibility index (Phi) is 2.00. The van der Waals surface area contributed by atoms with Crippen LogP contribution in [0.15, 0.2) is 0 Å². The van der Waals surface area contributed by atoms with Crippen LogP contribution in [0.3, 0.4) is 0 Å². The van der Waals surface area contributed by atoms with Crippen molar-refractivity contribution in [2.75, 3.05) is 6.54 Å². The molecule has 1 heterocycles. The lowest BCUT2D eigenvalue weighted by molar-refractivity contribution is -0.122. The van der Waals surface area contributed by atoms with Crippen LogP contribution in [-0.4, -0.2) is 18.4 Å². The van der Waals surface area contributed by atoms with Crippen LogP contribution in [0.25, 0.3) is 0 Å². The summed E-state index contributed by atoms with van der Waals surface area (Å²) < 4.78 is 24.9. The fraction of sp³-hybridized carbons (Fsp3) is 0.889. The molecule has 2 atom stereocenters. The summed E-state index contributed by atoms with van der Waals surface area (Å²) in [5, 5.41) is 2.71. The number of rotatable bonds is 3. The van der Waals surface area contributed by atoms with E-state index >= 15 is 0 Å². The summed E-state index contributed by atoms with van der Waals surface area (Å²) in [4.78, 5) is 11.1. The van der Waals surface area contributed by atoms with Gasteiger partial charge < -0.3 is 5.32 Å². The van der Waals surface area contributed by atoms with Crippen molar-refractivity contribution < 1.29 is 13.6 Å². The largest absolute Gasteiger partial charge is 0.356 e. The van der Waals surface area contributed by atoms with Crippen molar-refractivity contribution in [1.29, 1.82) is 0 Å². The highest BCUT2D eigenvalue weighted by Crippen LogP contribution is 2.51. The van der Waals surface area contributed by atoms with E-state index in [1.807, 2.05) is 0 Å². The van der Waals surface area contributed by atoms with Crippen LogP contribution in [0, 0.1) is 11.8 Å². The zero-order valence-corrected chi connectivity index (χ0v) is 7.35. The van der Waals surface area contributed by atoms with Crippen LogP contribution in [-0.2, 0) is 4.79 Å². The van der Waals surface area contributed by atoms with Crippen LogP contribution in [0.1, 0.15) is 25.7 Å². The third-order valence-electron chi connectivity index (χ3n) is 2.98. The van der Waals surface area contributed by atoms with E-state index in [-0.39, 0.29) is 18.2 Å². The summed E-state index contributed by atoms with van der Waals surface area (Å²) >= 11 is 0. The van der Waals surface area contributed by atoms with Crippen molar-refractivity contribution in [2.24, 2.45) is 11.8 Å². The van der Waals surface area contributed by atoms with Gasteiger partial charge in [-0.15, -0.1) is 0 Å². The number of hydrogen-bond acceptors (Lipinski definition) is 1. The molecule has 0 bridgehead atoms. The smallest absolute Gasteiger partial charge is 0.251 e. The second-order valence-corrected chi connectivity index (χ2v) is 4.02. The zero-order chi connectivity index (χ0) is 9.47. The van der Waals surface area contributed by atoms with Gasteiger partial charge in [0.2, 0.25) is 5.91 Å². The highest BCUT2D eigenvalue weighted by atomic mass is 19.3. The first-order valence-corrected chi connectivity index (χ1v) is 4.75. The third-order valence-corrected chi connectivity index (χ3v) is 2.98. The van der Waals surface area contributed by atoms with Gasteiger partial charge in [0.25, 0.3) is 5.92 Å². The molecule has 0 radical (unpaired) electrons. The molecule has 2 unspecified atom stereocenters. The van der Waals surface area contributed by atoms with Gasteiger partial charge >= 0.3 is 0 Å². The standard InChI is InChI=1S/C9H13F2NO/c10-9(11)5-7(9)2-1-6-3-4-12-8(6)13/h6-7H,1-5H2,(H,12,13). The monoisotopic (exact) mass is 189 g/mol. The van der Waals surface area contributed by atoms with Crippen molar-refractivity contribution in [3.05, 3.63) is 0 Å². The topological polar surface area (TPSA) is 29.1 Å². The Morgan fingerprint density at radius 3 is 2.62 bits per heavy atom. The number of alkyl halides is 2. The van der Waals surface area contributed by atoms with E-state index in [9.17, 15) is 13.6 Å². The summed E-state index contributed by atoms with van der Waals surface area (Å²) in [7, 11) is 0. The Bertz CT molecular complexity index is 230. The lowest BCUT2D eigenvalue weighted by atomic mass is 10.00.